The fourth-order valence-electron chi connectivity index (χ4n) is 1.39. The van der Waals surface area contributed by atoms with Gasteiger partial charge in [0.1, 0.15) is 5.75 Å². The second-order valence-corrected chi connectivity index (χ2v) is 3.55. The van der Waals surface area contributed by atoms with Crippen molar-refractivity contribution < 1.29 is 23.8 Å². The van der Waals surface area contributed by atoms with E-state index in [4.69, 9.17) is 19.9 Å². The van der Waals surface area contributed by atoms with Crippen LogP contribution in [-0.2, 0) is 19.1 Å². The van der Waals surface area contributed by atoms with Crippen molar-refractivity contribution >= 4 is 17.6 Å². The van der Waals surface area contributed by atoms with Gasteiger partial charge in [0, 0.05) is 19.5 Å². The lowest BCUT2D eigenvalue weighted by molar-refractivity contribution is -0.186. The van der Waals surface area contributed by atoms with Crippen molar-refractivity contribution in [2.24, 2.45) is 0 Å². The first kappa shape index (κ1) is 13.8. The van der Waals surface area contributed by atoms with Gasteiger partial charge in [-0.15, -0.1) is 0 Å². The summed E-state index contributed by atoms with van der Waals surface area (Å²) in [6, 6.07) is 4.75. The van der Waals surface area contributed by atoms with Crippen LogP contribution in [0.3, 0.4) is 0 Å². The lowest BCUT2D eigenvalue weighted by Gasteiger charge is -2.19. The van der Waals surface area contributed by atoms with Gasteiger partial charge < -0.3 is 19.9 Å². The second kappa shape index (κ2) is 5.90. The molecule has 0 aliphatic heterocycles. The SMILES string of the molecule is COc1ccc(N)cc1C(OC(C)=O)OC(C)=O. The number of esters is 2. The molecule has 2 N–H and O–H groups in total. The van der Waals surface area contributed by atoms with Crippen LogP contribution in [0.4, 0.5) is 5.69 Å². The summed E-state index contributed by atoms with van der Waals surface area (Å²) in [5.74, 6) is -0.742. The van der Waals surface area contributed by atoms with Crippen molar-refractivity contribution in [1.82, 2.24) is 0 Å². The highest BCUT2D eigenvalue weighted by atomic mass is 16.7. The van der Waals surface area contributed by atoms with Crippen LogP contribution in [0.2, 0.25) is 0 Å². The number of carbonyl (C=O) groups excluding carboxylic acids is 2. The van der Waals surface area contributed by atoms with E-state index in [0.717, 1.165) is 0 Å². The molecule has 98 valence electrons. The molecule has 0 saturated carbocycles. The number of methoxy groups -OCH3 is 1. The number of hydrogen-bond acceptors (Lipinski definition) is 6. The monoisotopic (exact) mass is 253 g/mol. The van der Waals surface area contributed by atoms with Gasteiger partial charge in [0.15, 0.2) is 0 Å². The average molecular weight is 253 g/mol. The zero-order valence-electron chi connectivity index (χ0n) is 10.4. The topological polar surface area (TPSA) is 87.8 Å². The predicted octanol–water partition coefficient (Wildman–Crippen LogP) is 1.40. The Kier molecular flexibility index (Phi) is 4.53. The van der Waals surface area contributed by atoms with E-state index in [9.17, 15) is 9.59 Å². The first-order valence-electron chi connectivity index (χ1n) is 5.22. The van der Waals surface area contributed by atoms with Crippen LogP contribution in [-0.4, -0.2) is 19.0 Å². The first-order chi connectivity index (χ1) is 8.43. The van der Waals surface area contributed by atoms with Gasteiger partial charge in [0.05, 0.1) is 12.7 Å². The molecule has 0 heterocycles. The molecule has 0 aromatic heterocycles. The van der Waals surface area contributed by atoms with Gasteiger partial charge in [-0.05, 0) is 18.2 Å². The van der Waals surface area contributed by atoms with Crippen molar-refractivity contribution in [1.29, 1.82) is 0 Å². The Labute approximate surface area is 105 Å². The maximum Gasteiger partial charge on any atom is 0.305 e. The highest BCUT2D eigenvalue weighted by Gasteiger charge is 2.22. The molecule has 0 aliphatic carbocycles. The molecule has 0 unspecified atom stereocenters. The lowest BCUT2D eigenvalue weighted by Crippen LogP contribution is -2.16. The minimum absolute atomic E-state index is 0.378. The van der Waals surface area contributed by atoms with Crippen molar-refractivity contribution in [3.05, 3.63) is 23.8 Å². The Balaban J connectivity index is 3.13. The first-order valence-corrected chi connectivity index (χ1v) is 5.22. The molecular formula is C12H15NO5. The highest BCUT2D eigenvalue weighted by molar-refractivity contribution is 5.69. The molecule has 0 saturated heterocycles. The Morgan fingerprint density at radius 3 is 2.17 bits per heavy atom. The van der Waals surface area contributed by atoms with Crippen LogP contribution in [0.5, 0.6) is 5.75 Å². The maximum absolute atomic E-state index is 11.0. The summed E-state index contributed by atoms with van der Waals surface area (Å²) in [6.07, 6.45) is -1.17. The van der Waals surface area contributed by atoms with Gasteiger partial charge >= 0.3 is 11.9 Å². The van der Waals surface area contributed by atoms with Crippen LogP contribution in [0.25, 0.3) is 0 Å². The molecule has 0 spiro atoms. The predicted molar refractivity (Wildman–Crippen MR) is 63.7 cm³/mol. The van der Waals surface area contributed by atoms with Crippen molar-refractivity contribution in [2.75, 3.05) is 12.8 Å². The molecule has 1 aromatic carbocycles. The summed E-state index contributed by atoms with van der Waals surface area (Å²) in [4.78, 5) is 22.0. The zero-order valence-corrected chi connectivity index (χ0v) is 10.4. The normalized spacial score (nSPS) is 10.0. The fraction of sp³-hybridized carbons (Fsp3) is 0.333. The van der Waals surface area contributed by atoms with Gasteiger partial charge in [-0.2, -0.15) is 0 Å². The van der Waals surface area contributed by atoms with Crippen molar-refractivity contribution in [2.45, 2.75) is 20.1 Å². The molecule has 0 aliphatic rings. The van der Waals surface area contributed by atoms with E-state index in [1.54, 1.807) is 12.1 Å². The van der Waals surface area contributed by atoms with Gasteiger partial charge in [-0.3, -0.25) is 9.59 Å². The van der Waals surface area contributed by atoms with Gasteiger partial charge in [0.2, 0.25) is 0 Å². The summed E-state index contributed by atoms with van der Waals surface area (Å²) in [5, 5.41) is 0. The van der Waals surface area contributed by atoms with Gasteiger partial charge in [-0.1, -0.05) is 0 Å². The summed E-state index contributed by atoms with van der Waals surface area (Å²) in [5.41, 5.74) is 6.46. The standard InChI is InChI=1S/C12H15NO5/c1-7(14)17-12(18-8(2)15)10-6-9(13)4-5-11(10)16-3/h4-6,12H,13H2,1-3H3. The second-order valence-electron chi connectivity index (χ2n) is 3.55. The van der Waals surface area contributed by atoms with Gasteiger partial charge in [-0.25, -0.2) is 0 Å². The molecule has 1 aromatic rings. The molecule has 0 atom stereocenters. The zero-order chi connectivity index (χ0) is 13.7. The smallest absolute Gasteiger partial charge is 0.305 e. The number of benzene rings is 1. The molecule has 0 radical (unpaired) electrons. The third-order valence-corrected chi connectivity index (χ3v) is 2.05. The van der Waals surface area contributed by atoms with Gasteiger partial charge in [0.25, 0.3) is 6.29 Å². The Morgan fingerprint density at radius 1 is 1.17 bits per heavy atom. The Morgan fingerprint density at radius 2 is 1.72 bits per heavy atom. The van der Waals surface area contributed by atoms with Crippen LogP contribution in [0.15, 0.2) is 18.2 Å². The average Bonchev–Trinajstić information content (AvgIpc) is 2.26. The number of nitrogens with two attached hydrogens (primary N) is 1. The van der Waals surface area contributed by atoms with E-state index < -0.39 is 18.2 Å². The molecule has 6 nitrogen and oxygen atoms in total. The highest BCUT2D eigenvalue weighted by Crippen LogP contribution is 2.30. The molecule has 18 heavy (non-hydrogen) atoms. The van der Waals surface area contributed by atoms with E-state index in [2.05, 4.69) is 0 Å². The number of nitrogen functional groups attached to an aromatic ring is 1. The van der Waals surface area contributed by atoms with Crippen molar-refractivity contribution in [3.63, 3.8) is 0 Å². The molecule has 0 bridgehead atoms. The molecule has 0 amide bonds. The quantitative estimate of drug-likeness (QED) is 0.495. The number of rotatable bonds is 4. The largest absolute Gasteiger partial charge is 0.496 e. The molecular weight excluding hydrogens is 238 g/mol. The summed E-state index contributed by atoms with van der Waals surface area (Å²) >= 11 is 0. The van der Waals surface area contributed by atoms with E-state index in [1.165, 1.54) is 27.0 Å². The summed E-state index contributed by atoms with van der Waals surface area (Å²) < 4.78 is 15.0. The molecule has 6 heteroatoms. The third-order valence-electron chi connectivity index (χ3n) is 2.05. The van der Waals surface area contributed by atoms with Crippen molar-refractivity contribution in [3.8, 4) is 5.75 Å². The molecule has 1 rings (SSSR count). The number of ether oxygens (including phenoxy) is 3. The molecule has 0 fully saturated rings. The Hall–Kier alpha value is -2.24. The van der Waals surface area contributed by atoms with E-state index >= 15 is 0 Å². The van der Waals surface area contributed by atoms with E-state index in [1.807, 2.05) is 0 Å². The number of anilines is 1. The minimum atomic E-state index is -1.17. The Bertz CT molecular complexity index is 442. The van der Waals surface area contributed by atoms with Crippen LogP contribution in [0, 0.1) is 0 Å². The number of hydrogen-bond donors (Lipinski definition) is 1. The minimum Gasteiger partial charge on any atom is -0.496 e. The van der Waals surface area contributed by atoms with Crippen LogP contribution in [0.1, 0.15) is 25.7 Å². The van der Waals surface area contributed by atoms with E-state index in [-0.39, 0.29) is 0 Å². The third kappa shape index (κ3) is 3.65. The van der Waals surface area contributed by atoms with Crippen LogP contribution < -0.4 is 10.5 Å². The lowest BCUT2D eigenvalue weighted by atomic mass is 10.1. The number of carbonyl (C=O) groups is 2. The van der Waals surface area contributed by atoms with E-state index in [0.29, 0.717) is 17.0 Å². The fourth-order valence-corrected chi connectivity index (χ4v) is 1.39. The van der Waals surface area contributed by atoms with Crippen LogP contribution >= 0.6 is 0 Å². The summed E-state index contributed by atoms with van der Waals surface area (Å²) in [7, 11) is 1.45. The summed E-state index contributed by atoms with van der Waals surface area (Å²) in [6.45, 7) is 2.44. The maximum atomic E-state index is 11.0.